The van der Waals surface area contributed by atoms with Crippen molar-refractivity contribution in [1.29, 1.82) is 0 Å². The molecule has 0 radical (unpaired) electrons. The molecule has 0 N–H and O–H groups in total. The van der Waals surface area contributed by atoms with Crippen molar-refractivity contribution in [2.75, 3.05) is 0 Å². The van der Waals surface area contributed by atoms with Gasteiger partial charge in [0.1, 0.15) is 5.75 Å². The van der Waals surface area contributed by atoms with Gasteiger partial charge >= 0.3 is 27.2 Å². The highest BCUT2D eigenvalue weighted by molar-refractivity contribution is 7.88. The number of alkyl halides is 6. The maximum atomic E-state index is 13.7. The summed E-state index contributed by atoms with van der Waals surface area (Å²) in [4.78, 5) is 0. The van der Waals surface area contributed by atoms with Crippen LogP contribution in [0.3, 0.4) is 0 Å². The summed E-state index contributed by atoms with van der Waals surface area (Å²) < 4.78 is 107. The van der Waals surface area contributed by atoms with E-state index in [1.807, 2.05) is 34.6 Å². The molecule has 1 atom stereocenters. The minimum Gasteiger partial charge on any atom is -0.378 e. The summed E-state index contributed by atoms with van der Waals surface area (Å²) in [7, 11) is -6.40. The first-order valence-corrected chi connectivity index (χ1v) is 10.3. The molecule has 1 unspecified atom stereocenters. The Labute approximate surface area is 167 Å². The predicted molar refractivity (Wildman–Crippen MR) is 98.2 cm³/mol. The van der Waals surface area contributed by atoms with Crippen molar-refractivity contribution in [1.82, 2.24) is 0 Å². The van der Waals surface area contributed by atoms with Crippen molar-refractivity contribution in [2.45, 2.75) is 71.0 Å². The molecule has 0 bridgehead atoms. The standard InChI is InChI=1S/C19H26F6O3S/c1-12(2)11-15(16(3,4)5)13-7-9-14(10-8-13)28-29(26,27)19(24,25)18(22,23)17(6,20)21/h7-10,12,15H,11H2,1-6H3. The number of halogens is 6. The van der Waals surface area contributed by atoms with E-state index < -0.39 is 39.9 Å². The van der Waals surface area contributed by atoms with Crippen molar-refractivity contribution < 1.29 is 38.9 Å². The quantitative estimate of drug-likeness (QED) is 0.339. The van der Waals surface area contributed by atoms with Crippen LogP contribution in [0.15, 0.2) is 24.3 Å². The average molecular weight is 448 g/mol. The van der Waals surface area contributed by atoms with E-state index in [0.29, 0.717) is 5.92 Å². The van der Waals surface area contributed by atoms with Gasteiger partial charge in [-0.1, -0.05) is 46.8 Å². The van der Waals surface area contributed by atoms with Crippen molar-refractivity contribution in [3.8, 4) is 5.75 Å². The van der Waals surface area contributed by atoms with E-state index >= 15 is 0 Å². The van der Waals surface area contributed by atoms with Crippen LogP contribution in [0.25, 0.3) is 0 Å². The van der Waals surface area contributed by atoms with E-state index in [4.69, 9.17) is 0 Å². The van der Waals surface area contributed by atoms with Crippen LogP contribution in [0.4, 0.5) is 26.3 Å². The summed E-state index contributed by atoms with van der Waals surface area (Å²) >= 11 is 0. The van der Waals surface area contributed by atoms with Crippen LogP contribution in [0, 0.1) is 11.3 Å². The second kappa shape index (κ2) is 8.00. The molecule has 0 amide bonds. The van der Waals surface area contributed by atoms with Crippen molar-refractivity contribution in [2.24, 2.45) is 11.3 Å². The number of hydrogen-bond donors (Lipinski definition) is 0. The fourth-order valence-electron chi connectivity index (χ4n) is 2.81. The molecule has 0 aliphatic heterocycles. The van der Waals surface area contributed by atoms with E-state index in [0.717, 1.165) is 24.1 Å². The Balaban J connectivity index is 3.20. The maximum absolute atomic E-state index is 13.7. The summed E-state index contributed by atoms with van der Waals surface area (Å²) in [5.41, 5.74) is 0.605. The van der Waals surface area contributed by atoms with E-state index in [1.54, 1.807) is 0 Å². The SMILES string of the molecule is CC(C)CC(c1ccc(OS(=O)(=O)C(F)(F)C(F)(F)C(C)(F)F)cc1)C(C)(C)C. The molecule has 29 heavy (non-hydrogen) atoms. The van der Waals surface area contributed by atoms with Gasteiger partial charge in [-0.25, -0.2) is 0 Å². The summed E-state index contributed by atoms with van der Waals surface area (Å²) in [5.74, 6) is -11.7. The van der Waals surface area contributed by atoms with Gasteiger partial charge in [0.15, 0.2) is 0 Å². The molecule has 0 fully saturated rings. The average Bonchev–Trinajstić information content (AvgIpc) is 2.50. The van der Waals surface area contributed by atoms with Crippen molar-refractivity contribution >= 4 is 10.1 Å². The van der Waals surface area contributed by atoms with Gasteiger partial charge in [0.25, 0.3) is 0 Å². The molecule has 0 heterocycles. The maximum Gasteiger partial charge on any atom is 0.449 e. The molecule has 0 aliphatic carbocycles. The van der Waals surface area contributed by atoms with Crippen molar-refractivity contribution in [3.05, 3.63) is 29.8 Å². The highest BCUT2D eigenvalue weighted by Gasteiger charge is 2.76. The Kier molecular flexibility index (Phi) is 7.06. The minimum absolute atomic E-state index is 0.0396. The highest BCUT2D eigenvalue weighted by atomic mass is 32.2. The van der Waals surface area contributed by atoms with E-state index in [9.17, 15) is 34.8 Å². The molecule has 3 nitrogen and oxygen atoms in total. The van der Waals surface area contributed by atoms with E-state index in [-0.39, 0.29) is 11.3 Å². The van der Waals surface area contributed by atoms with Gasteiger partial charge in [0.05, 0.1) is 0 Å². The molecule has 0 aliphatic rings. The smallest absolute Gasteiger partial charge is 0.378 e. The zero-order valence-corrected chi connectivity index (χ0v) is 17.9. The van der Waals surface area contributed by atoms with Gasteiger partial charge in [-0.05, 0) is 41.4 Å². The first-order valence-electron chi connectivity index (χ1n) is 8.91. The van der Waals surface area contributed by atoms with Gasteiger partial charge < -0.3 is 4.18 Å². The van der Waals surface area contributed by atoms with Gasteiger partial charge in [-0.15, -0.1) is 0 Å². The third-order valence-electron chi connectivity index (χ3n) is 4.47. The topological polar surface area (TPSA) is 43.4 Å². The molecule has 1 aromatic carbocycles. The van der Waals surface area contributed by atoms with Crippen molar-refractivity contribution in [3.63, 3.8) is 0 Å². The summed E-state index contributed by atoms with van der Waals surface area (Å²) in [5, 5.41) is -6.14. The molecule has 1 rings (SSSR count). The summed E-state index contributed by atoms with van der Waals surface area (Å²) in [6.07, 6.45) is 0.790. The third-order valence-corrected chi connectivity index (χ3v) is 5.77. The molecule has 168 valence electrons. The normalized spacial score (nSPS) is 15.5. The molecular weight excluding hydrogens is 422 g/mol. The lowest BCUT2D eigenvalue weighted by molar-refractivity contribution is -0.272. The molecule has 0 aromatic heterocycles. The predicted octanol–water partition coefficient (Wildman–Crippen LogP) is 6.45. The van der Waals surface area contributed by atoms with E-state index in [1.165, 1.54) is 12.1 Å². The fourth-order valence-corrected chi connectivity index (χ4v) is 3.77. The van der Waals surface area contributed by atoms with E-state index in [2.05, 4.69) is 4.18 Å². The zero-order chi connectivity index (χ0) is 23.1. The molecule has 0 saturated heterocycles. The van der Waals surface area contributed by atoms with Gasteiger partial charge in [-0.3, -0.25) is 0 Å². The lowest BCUT2D eigenvalue weighted by Gasteiger charge is -2.33. The van der Waals surface area contributed by atoms with Crippen LogP contribution in [0.2, 0.25) is 0 Å². The van der Waals surface area contributed by atoms with Gasteiger partial charge in [-0.2, -0.15) is 34.8 Å². The van der Waals surface area contributed by atoms with Gasteiger partial charge in [0.2, 0.25) is 0 Å². The minimum atomic E-state index is -6.40. The summed E-state index contributed by atoms with van der Waals surface area (Å²) in [6, 6.07) is 4.94. The fraction of sp³-hybridized carbons (Fsp3) is 0.684. The highest BCUT2D eigenvalue weighted by Crippen LogP contribution is 2.48. The number of benzene rings is 1. The molecule has 1 aromatic rings. The molecule has 0 spiro atoms. The largest absolute Gasteiger partial charge is 0.449 e. The monoisotopic (exact) mass is 448 g/mol. The molecular formula is C19H26F6O3S. The second-order valence-corrected chi connectivity index (χ2v) is 10.2. The first-order chi connectivity index (χ1) is 12.7. The molecule has 10 heteroatoms. The number of rotatable bonds is 8. The Hall–Kier alpha value is -1.45. The third kappa shape index (κ3) is 5.38. The lowest BCUT2D eigenvalue weighted by atomic mass is 9.72. The molecule has 0 saturated carbocycles. The summed E-state index contributed by atoms with van der Waals surface area (Å²) in [6.45, 7) is 9.56. The van der Waals surface area contributed by atoms with Crippen LogP contribution in [0.5, 0.6) is 5.75 Å². The van der Waals surface area contributed by atoms with Crippen LogP contribution < -0.4 is 4.18 Å². The van der Waals surface area contributed by atoms with Crippen LogP contribution in [0.1, 0.15) is 59.4 Å². The Bertz CT molecular complexity index is 791. The zero-order valence-electron chi connectivity index (χ0n) is 17.1. The van der Waals surface area contributed by atoms with Gasteiger partial charge in [0, 0.05) is 6.92 Å². The second-order valence-electron chi connectivity index (χ2n) is 8.63. The van der Waals surface area contributed by atoms with Crippen LogP contribution in [-0.4, -0.2) is 25.5 Å². The van der Waals surface area contributed by atoms with Crippen LogP contribution >= 0.6 is 0 Å². The van der Waals surface area contributed by atoms with Crippen LogP contribution in [-0.2, 0) is 10.1 Å². The Morgan fingerprint density at radius 1 is 0.897 bits per heavy atom. The Morgan fingerprint density at radius 3 is 1.69 bits per heavy atom. The first kappa shape index (κ1) is 25.6. The number of hydrogen-bond acceptors (Lipinski definition) is 3. The lowest BCUT2D eigenvalue weighted by Crippen LogP contribution is -2.57. The Morgan fingerprint density at radius 2 is 1.34 bits per heavy atom.